The molecular formula is C13H13NO3. The molecule has 1 heterocycles. The van der Waals surface area contributed by atoms with Gasteiger partial charge in [0, 0.05) is 6.42 Å². The van der Waals surface area contributed by atoms with Crippen molar-refractivity contribution >= 4 is 12.0 Å². The lowest BCUT2D eigenvalue weighted by molar-refractivity contribution is -0.128. The maximum absolute atomic E-state index is 11.5. The molecule has 88 valence electrons. The van der Waals surface area contributed by atoms with Crippen LogP contribution in [0, 0.1) is 6.92 Å². The Morgan fingerprint density at radius 3 is 2.76 bits per heavy atom. The number of amides is 2. The van der Waals surface area contributed by atoms with Gasteiger partial charge in [-0.15, -0.1) is 0 Å². The minimum Gasteiger partial charge on any atom is -0.447 e. The van der Waals surface area contributed by atoms with Gasteiger partial charge in [-0.25, -0.2) is 9.69 Å². The summed E-state index contributed by atoms with van der Waals surface area (Å²) in [6, 6.07) is 9.41. The van der Waals surface area contributed by atoms with Crippen LogP contribution in [-0.2, 0) is 16.0 Å². The van der Waals surface area contributed by atoms with Gasteiger partial charge >= 0.3 is 6.09 Å². The monoisotopic (exact) mass is 231 g/mol. The second kappa shape index (κ2) is 4.99. The van der Waals surface area contributed by atoms with Crippen molar-refractivity contribution in [1.82, 2.24) is 4.90 Å². The highest BCUT2D eigenvalue weighted by Gasteiger charge is 2.36. The first-order chi connectivity index (χ1) is 8.22. The van der Waals surface area contributed by atoms with Crippen molar-refractivity contribution in [3.8, 4) is 0 Å². The molecule has 0 saturated carbocycles. The fourth-order valence-electron chi connectivity index (χ4n) is 1.90. The number of nitrogens with zero attached hydrogens (tertiary/aromatic N) is 1. The maximum atomic E-state index is 11.5. The van der Waals surface area contributed by atoms with Crippen LogP contribution >= 0.6 is 0 Å². The molecule has 0 aliphatic carbocycles. The quantitative estimate of drug-likeness (QED) is 0.795. The van der Waals surface area contributed by atoms with Crippen LogP contribution in [0.1, 0.15) is 12.0 Å². The third kappa shape index (κ3) is 2.46. The Balaban J connectivity index is 2.10. The van der Waals surface area contributed by atoms with Crippen LogP contribution in [0.4, 0.5) is 4.79 Å². The van der Waals surface area contributed by atoms with E-state index in [1.54, 1.807) is 0 Å². The smallest absolute Gasteiger partial charge is 0.416 e. The van der Waals surface area contributed by atoms with Gasteiger partial charge < -0.3 is 4.74 Å². The molecule has 1 aliphatic heterocycles. The van der Waals surface area contributed by atoms with E-state index in [1.165, 1.54) is 0 Å². The molecule has 0 spiro atoms. The second-order valence-electron chi connectivity index (χ2n) is 3.89. The minimum atomic E-state index is -0.596. The number of benzene rings is 1. The lowest BCUT2D eigenvalue weighted by atomic mass is 10.1. The lowest BCUT2D eigenvalue weighted by Gasteiger charge is -2.18. The largest absolute Gasteiger partial charge is 0.447 e. The molecule has 2 amide bonds. The summed E-state index contributed by atoms with van der Waals surface area (Å²) >= 11 is 0. The van der Waals surface area contributed by atoms with Gasteiger partial charge in [-0.2, -0.15) is 0 Å². The molecule has 1 fully saturated rings. The van der Waals surface area contributed by atoms with E-state index in [-0.39, 0.29) is 19.1 Å². The van der Waals surface area contributed by atoms with Gasteiger partial charge in [0.1, 0.15) is 6.61 Å². The summed E-state index contributed by atoms with van der Waals surface area (Å²) in [6.45, 7) is 5.51. The van der Waals surface area contributed by atoms with E-state index in [4.69, 9.17) is 11.7 Å². The summed E-state index contributed by atoms with van der Waals surface area (Å²) in [5, 5.41) is 0. The Hall–Kier alpha value is -1.84. The number of ether oxygens (including phenoxy) is 1. The molecule has 17 heavy (non-hydrogen) atoms. The fraction of sp³-hybridized carbons (Fsp3) is 0.308. The van der Waals surface area contributed by atoms with Gasteiger partial charge in [-0.05, 0) is 18.9 Å². The average Bonchev–Trinajstić information content (AvgIpc) is 2.71. The topological polar surface area (TPSA) is 46.6 Å². The summed E-state index contributed by atoms with van der Waals surface area (Å²) in [5.41, 5.74) is 1.06. The SMILES string of the molecule is [CH]CC(=O)N1C(=O)OCC1Cc1ccccc1. The van der Waals surface area contributed by atoms with Crippen molar-refractivity contribution < 1.29 is 14.3 Å². The zero-order chi connectivity index (χ0) is 12.3. The molecule has 0 N–H and O–H groups in total. The Kier molecular flexibility index (Phi) is 3.42. The standard InChI is InChI=1S/C13H13NO3/c1-2-12(15)14-11(9-17-13(14)16)8-10-6-4-3-5-7-10/h1,3-7,11H,2,8-9H2. The molecule has 1 aromatic rings. The molecule has 0 bridgehead atoms. The number of imide groups is 1. The van der Waals surface area contributed by atoms with Gasteiger partial charge in [0.15, 0.2) is 0 Å². The molecule has 1 aliphatic rings. The zero-order valence-corrected chi connectivity index (χ0v) is 9.33. The Morgan fingerprint density at radius 1 is 1.41 bits per heavy atom. The van der Waals surface area contributed by atoms with Gasteiger partial charge in [0.05, 0.1) is 6.04 Å². The van der Waals surface area contributed by atoms with Crippen LogP contribution in [-0.4, -0.2) is 29.5 Å². The first kappa shape index (κ1) is 11.6. The number of hydrogen-bond donors (Lipinski definition) is 0. The van der Waals surface area contributed by atoms with Crippen LogP contribution in [0.15, 0.2) is 30.3 Å². The van der Waals surface area contributed by atoms with Gasteiger partial charge in [0.25, 0.3) is 0 Å². The summed E-state index contributed by atoms with van der Waals surface area (Å²) < 4.78 is 4.88. The van der Waals surface area contributed by atoms with Crippen LogP contribution in [0.5, 0.6) is 0 Å². The highest BCUT2D eigenvalue weighted by atomic mass is 16.6. The third-order valence-electron chi connectivity index (χ3n) is 2.72. The summed E-state index contributed by atoms with van der Waals surface area (Å²) in [5.74, 6) is -0.395. The minimum absolute atomic E-state index is 0.180. The van der Waals surface area contributed by atoms with Crippen molar-refractivity contribution in [3.05, 3.63) is 42.8 Å². The highest BCUT2D eigenvalue weighted by molar-refractivity contribution is 5.93. The predicted octanol–water partition coefficient (Wildman–Crippen LogP) is 1.68. The van der Waals surface area contributed by atoms with Crippen molar-refractivity contribution in [1.29, 1.82) is 0 Å². The number of cyclic esters (lactones) is 1. The molecule has 0 aromatic heterocycles. The first-order valence-electron chi connectivity index (χ1n) is 5.45. The van der Waals surface area contributed by atoms with Crippen LogP contribution < -0.4 is 0 Å². The highest BCUT2D eigenvalue weighted by Crippen LogP contribution is 2.18. The molecule has 4 nitrogen and oxygen atoms in total. The van der Waals surface area contributed by atoms with Crippen LogP contribution in [0.3, 0.4) is 0 Å². The third-order valence-corrected chi connectivity index (χ3v) is 2.72. The molecule has 2 radical (unpaired) electrons. The predicted molar refractivity (Wildman–Crippen MR) is 61.0 cm³/mol. The van der Waals surface area contributed by atoms with Crippen LogP contribution in [0.25, 0.3) is 0 Å². The van der Waals surface area contributed by atoms with Gasteiger partial charge in [-0.1, -0.05) is 30.3 Å². The van der Waals surface area contributed by atoms with E-state index in [1.807, 2.05) is 30.3 Å². The normalized spacial score (nSPS) is 19.2. The first-order valence-corrected chi connectivity index (χ1v) is 5.45. The molecule has 4 heteroatoms. The molecule has 1 aromatic carbocycles. The number of carbonyl (C=O) groups excluding carboxylic acids is 2. The fourth-order valence-corrected chi connectivity index (χ4v) is 1.90. The number of hydrogen-bond acceptors (Lipinski definition) is 3. The van der Waals surface area contributed by atoms with E-state index in [2.05, 4.69) is 0 Å². The van der Waals surface area contributed by atoms with E-state index >= 15 is 0 Å². The summed E-state index contributed by atoms with van der Waals surface area (Å²) in [6.07, 6.45) is -0.181. The molecular weight excluding hydrogens is 218 g/mol. The average molecular weight is 231 g/mol. The second-order valence-corrected chi connectivity index (χ2v) is 3.89. The molecule has 2 rings (SSSR count). The maximum Gasteiger partial charge on any atom is 0.416 e. The van der Waals surface area contributed by atoms with E-state index < -0.39 is 12.0 Å². The summed E-state index contributed by atoms with van der Waals surface area (Å²) in [7, 11) is 0. The number of rotatable bonds is 3. The van der Waals surface area contributed by atoms with Crippen molar-refractivity contribution in [2.45, 2.75) is 18.9 Å². The van der Waals surface area contributed by atoms with E-state index in [0.29, 0.717) is 6.42 Å². The van der Waals surface area contributed by atoms with Gasteiger partial charge in [0.2, 0.25) is 5.91 Å². The summed E-state index contributed by atoms with van der Waals surface area (Å²) in [4.78, 5) is 24.0. The van der Waals surface area contributed by atoms with E-state index in [9.17, 15) is 9.59 Å². The van der Waals surface area contributed by atoms with Crippen molar-refractivity contribution in [3.63, 3.8) is 0 Å². The Morgan fingerprint density at radius 2 is 2.12 bits per heavy atom. The van der Waals surface area contributed by atoms with Crippen molar-refractivity contribution in [2.24, 2.45) is 0 Å². The van der Waals surface area contributed by atoms with Gasteiger partial charge in [-0.3, -0.25) is 4.79 Å². The lowest BCUT2D eigenvalue weighted by Crippen LogP contribution is -2.39. The Bertz CT molecular complexity index is 416. The Labute approximate surface area is 100 Å². The molecule has 1 unspecified atom stereocenters. The molecule has 1 saturated heterocycles. The zero-order valence-electron chi connectivity index (χ0n) is 9.33. The van der Waals surface area contributed by atoms with Crippen molar-refractivity contribution in [2.75, 3.05) is 6.61 Å². The molecule has 1 atom stereocenters. The van der Waals surface area contributed by atoms with E-state index in [0.717, 1.165) is 10.5 Å². The van der Waals surface area contributed by atoms with Crippen LogP contribution in [0.2, 0.25) is 0 Å². The number of carbonyl (C=O) groups is 2.